The lowest BCUT2D eigenvalue weighted by Gasteiger charge is -2.35. The van der Waals surface area contributed by atoms with E-state index in [4.69, 9.17) is 0 Å². The molecule has 0 amide bonds. The van der Waals surface area contributed by atoms with Gasteiger partial charge in [-0.25, -0.2) is 0 Å². The van der Waals surface area contributed by atoms with Gasteiger partial charge in [0, 0.05) is 6.04 Å². The van der Waals surface area contributed by atoms with E-state index in [1.165, 1.54) is 0 Å². The summed E-state index contributed by atoms with van der Waals surface area (Å²) in [5.74, 6) is 1.19. The predicted octanol–water partition coefficient (Wildman–Crippen LogP) is 3.50. The second-order valence-corrected chi connectivity index (χ2v) is 5.69. The van der Waals surface area contributed by atoms with Crippen LogP contribution in [-0.2, 0) is 0 Å². The van der Waals surface area contributed by atoms with E-state index in [-0.39, 0.29) is 18.9 Å². The summed E-state index contributed by atoms with van der Waals surface area (Å²) in [6.45, 7) is 4.34. The van der Waals surface area contributed by atoms with E-state index in [2.05, 4.69) is 19.2 Å². The molecule has 1 nitrogen and oxygen atoms in total. The van der Waals surface area contributed by atoms with Crippen molar-refractivity contribution in [3.63, 3.8) is 0 Å². The Bertz CT molecular complexity index is 257. The van der Waals surface area contributed by atoms with Crippen LogP contribution in [0.5, 0.6) is 0 Å². The molecule has 2 aliphatic rings. The number of rotatable bonds is 2. The fourth-order valence-electron chi connectivity index (χ4n) is 2.70. The zero-order valence-corrected chi connectivity index (χ0v) is 9.90. The van der Waals surface area contributed by atoms with Crippen LogP contribution in [0.4, 0.5) is 13.2 Å². The Morgan fingerprint density at radius 1 is 1.06 bits per heavy atom. The van der Waals surface area contributed by atoms with Crippen LogP contribution in [0.2, 0.25) is 0 Å². The molecule has 2 saturated carbocycles. The molecule has 3 unspecified atom stereocenters. The average Bonchev–Trinajstić information content (AvgIpc) is 2.91. The van der Waals surface area contributed by atoms with Crippen LogP contribution in [0.1, 0.15) is 46.0 Å². The van der Waals surface area contributed by atoms with Gasteiger partial charge in [-0.1, -0.05) is 13.8 Å². The van der Waals surface area contributed by atoms with E-state index in [1.807, 2.05) is 0 Å². The summed E-state index contributed by atoms with van der Waals surface area (Å²) in [7, 11) is 0. The minimum Gasteiger partial charge on any atom is -0.301 e. The Hall–Kier alpha value is -0.250. The maximum Gasteiger partial charge on any atom is 0.406 e. The normalized spacial score (nSPS) is 38.4. The van der Waals surface area contributed by atoms with Crippen molar-refractivity contribution in [3.05, 3.63) is 0 Å². The van der Waals surface area contributed by atoms with E-state index in [9.17, 15) is 13.2 Å². The highest BCUT2D eigenvalue weighted by atomic mass is 19.4. The first-order valence-corrected chi connectivity index (χ1v) is 6.18. The second kappa shape index (κ2) is 3.90. The molecule has 2 fully saturated rings. The summed E-state index contributed by atoms with van der Waals surface area (Å²) in [6.07, 6.45) is -0.720. The molecule has 1 N–H and O–H groups in total. The summed E-state index contributed by atoms with van der Waals surface area (Å²) in [5, 5.41) is 2.87. The molecule has 0 spiro atoms. The molecule has 0 heterocycles. The van der Waals surface area contributed by atoms with E-state index in [1.54, 1.807) is 0 Å². The van der Waals surface area contributed by atoms with Crippen LogP contribution >= 0.6 is 0 Å². The van der Waals surface area contributed by atoms with E-state index in [0.29, 0.717) is 11.8 Å². The number of nitrogens with one attached hydrogen (secondary N) is 1. The van der Waals surface area contributed by atoms with Gasteiger partial charge in [-0.3, -0.25) is 0 Å². The largest absolute Gasteiger partial charge is 0.406 e. The van der Waals surface area contributed by atoms with Crippen molar-refractivity contribution in [1.29, 1.82) is 0 Å². The van der Waals surface area contributed by atoms with Gasteiger partial charge in [0.25, 0.3) is 0 Å². The van der Waals surface area contributed by atoms with E-state index >= 15 is 0 Å². The minimum absolute atomic E-state index is 0.0651. The zero-order valence-electron chi connectivity index (χ0n) is 9.90. The average molecular weight is 235 g/mol. The van der Waals surface area contributed by atoms with Gasteiger partial charge in [0.2, 0.25) is 0 Å². The topological polar surface area (TPSA) is 12.0 Å². The molecule has 4 heteroatoms. The van der Waals surface area contributed by atoms with Crippen LogP contribution in [0.15, 0.2) is 0 Å². The monoisotopic (exact) mass is 235 g/mol. The SMILES string of the molecule is CC1CCC(NC2(C(F)(F)F)CC2)CC1C. The summed E-state index contributed by atoms with van der Waals surface area (Å²) in [6, 6.07) is 0.0651. The summed E-state index contributed by atoms with van der Waals surface area (Å²) in [4.78, 5) is 0. The first-order valence-electron chi connectivity index (χ1n) is 6.18. The number of halogens is 3. The lowest BCUT2D eigenvalue weighted by molar-refractivity contribution is -0.168. The van der Waals surface area contributed by atoms with Crippen LogP contribution in [0.3, 0.4) is 0 Å². The van der Waals surface area contributed by atoms with Gasteiger partial charge in [-0.05, 0) is 43.9 Å². The third kappa shape index (κ3) is 2.22. The van der Waals surface area contributed by atoms with E-state index in [0.717, 1.165) is 19.3 Å². The standard InChI is InChI=1S/C12H20F3N/c1-8-3-4-10(7-9(8)2)16-11(5-6-11)12(13,14)15/h8-10,16H,3-7H2,1-2H3. The fourth-order valence-corrected chi connectivity index (χ4v) is 2.70. The summed E-state index contributed by atoms with van der Waals surface area (Å²) >= 11 is 0. The van der Waals surface area contributed by atoms with Crippen molar-refractivity contribution in [2.24, 2.45) is 11.8 Å². The molecule has 94 valence electrons. The Morgan fingerprint density at radius 3 is 2.12 bits per heavy atom. The van der Waals surface area contributed by atoms with Crippen LogP contribution < -0.4 is 5.32 Å². The molecule has 0 aromatic heterocycles. The van der Waals surface area contributed by atoms with Crippen molar-refractivity contribution in [2.75, 3.05) is 0 Å². The number of hydrogen-bond donors (Lipinski definition) is 1. The highest BCUT2D eigenvalue weighted by Gasteiger charge is 2.63. The quantitative estimate of drug-likeness (QED) is 0.772. The van der Waals surface area contributed by atoms with E-state index < -0.39 is 11.7 Å². The molecule has 0 radical (unpaired) electrons. The summed E-state index contributed by atoms with van der Waals surface area (Å²) in [5.41, 5.74) is -1.53. The van der Waals surface area contributed by atoms with Crippen molar-refractivity contribution in [1.82, 2.24) is 5.32 Å². The molecule has 3 atom stereocenters. The highest BCUT2D eigenvalue weighted by Crippen LogP contribution is 2.50. The number of alkyl halides is 3. The third-order valence-electron chi connectivity index (χ3n) is 4.37. The Kier molecular flexibility index (Phi) is 2.97. The molecule has 0 aromatic rings. The third-order valence-corrected chi connectivity index (χ3v) is 4.37. The van der Waals surface area contributed by atoms with Gasteiger partial charge >= 0.3 is 6.18 Å². The van der Waals surface area contributed by atoms with Crippen molar-refractivity contribution >= 4 is 0 Å². The Morgan fingerprint density at radius 2 is 1.69 bits per heavy atom. The van der Waals surface area contributed by atoms with Gasteiger partial charge < -0.3 is 5.32 Å². The van der Waals surface area contributed by atoms with Crippen molar-refractivity contribution in [2.45, 2.75) is 63.7 Å². The van der Waals surface area contributed by atoms with Crippen LogP contribution in [-0.4, -0.2) is 17.8 Å². The first-order chi connectivity index (χ1) is 7.34. The van der Waals surface area contributed by atoms with Gasteiger partial charge in [0.15, 0.2) is 0 Å². The molecule has 0 saturated heterocycles. The maximum absolute atomic E-state index is 12.8. The Labute approximate surface area is 94.8 Å². The molecule has 0 aliphatic heterocycles. The van der Waals surface area contributed by atoms with Crippen molar-refractivity contribution < 1.29 is 13.2 Å². The smallest absolute Gasteiger partial charge is 0.301 e. The lowest BCUT2D eigenvalue weighted by Crippen LogP contribution is -2.51. The number of hydrogen-bond acceptors (Lipinski definition) is 1. The maximum atomic E-state index is 12.8. The molecule has 2 rings (SSSR count). The minimum atomic E-state index is -4.07. The van der Waals surface area contributed by atoms with Gasteiger partial charge in [-0.15, -0.1) is 0 Å². The molecular formula is C12H20F3N. The van der Waals surface area contributed by atoms with Crippen LogP contribution in [0, 0.1) is 11.8 Å². The molecule has 0 bridgehead atoms. The van der Waals surface area contributed by atoms with Gasteiger partial charge in [0.05, 0.1) is 0 Å². The molecule has 0 aromatic carbocycles. The van der Waals surface area contributed by atoms with Crippen LogP contribution in [0.25, 0.3) is 0 Å². The van der Waals surface area contributed by atoms with Gasteiger partial charge in [-0.2, -0.15) is 13.2 Å². The molecular weight excluding hydrogens is 215 g/mol. The lowest BCUT2D eigenvalue weighted by atomic mass is 9.79. The Balaban J connectivity index is 1.91. The predicted molar refractivity (Wildman–Crippen MR) is 57.1 cm³/mol. The second-order valence-electron chi connectivity index (χ2n) is 5.69. The first kappa shape index (κ1) is 12.2. The van der Waals surface area contributed by atoms with Gasteiger partial charge in [0.1, 0.15) is 5.54 Å². The van der Waals surface area contributed by atoms with Crippen molar-refractivity contribution in [3.8, 4) is 0 Å². The summed E-state index contributed by atoms with van der Waals surface area (Å²) < 4.78 is 38.3. The molecule has 16 heavy (non-hydrogen) atoms. The highest BCUT2D eigenvalue weighted by molar-refractivity contribution is 5.09. The zero-order chi connectivity index (χ0) is 12.0. The fraction of sp³-hybridized carbons (Fsp3) is 1.00. The molecule has 2 aliphatic carbocycles.